The third-order valence-electron chi connectivity index (χ3n) is 10.4. The number of aromatic hydroxyl groups is 1. The Morgan fingerprint density at radius 2 is 1.83 bits per heavy atom. The van der Waals surface area contributed by atoms with Gasteiger partial charge in [0.05, 0.1) is 47.9 Å². The van der Waals surface area contributed by atoms with Crippen LogP contribution in [0.25, 0.3) is 32.8 Å². The van der Waals surface area contributed by atoms with E-state index in [1.54, 1.807) is 23.9 Å². The second kappa shape index (κ2) is 15.1. The van der Waals surface area contributed by atoms with Crippen molar-refractivity contribution >= 4 is 57.0 Å². The molecular weight excluding hydrogens is 731 g/mol. The summed E-state index contributed by atoms with van der Waals surface area (Å²) in [5.41, 5.74) is 7.34. The molecule has 11 nitrogen and oxygen atoms in total. The molecule has 1 N–H and O–H groups in total. The largest absolute Gasteiger partial charge is 0.507 e. The third-order valence-corrected chi connectivity index (χ3v) is 11.7. The smallest absolute Gasteiger partial charge is 0.354 e. The first-order chi connectivity index (χ1) is 25.9. The zero-order chi connectivity index (χ0) is 38.4. The normalized spacial score (nSPS) is 14.3. The highest BCUT2D eigenvalue weighted by Gasteiger charge is 2.34. The minimum Gasteiger partial charge on any atom is -0.507 e. The molecule has 282 valence electrons. The van der Waals surface area contributed by atoms with Crippen molar-refractivity contribution in [3.05, 3.63) is 93.4 Å². The van der Waals surface area contributed by atoms with Gasteiger partial charge in [0.15, 0.2) is 0 Å². The number of phenols is 1. The molecule has 0 saturated carbocycles. The van der Waals surface area contributed by atoms with E-state index >= 15 is 0 Å². The number of esters is 2. The second-order valence-electron chi connectivity index (χ2n) is 13.8. The van der Waals surface area contributed by atoms with E-state index in [0.29, 0.717) is 45.8 Å². The molecule has 1 atom stereocenters. The minimum absolute atomic E-state index is 0.0128. The fourth-order valence-electron chi connectivity index (χ4n) is 7.88. The van der Waals surface area contributed by atoms with Crippen molar-refractivity contribution in [1.29, 1.82) is 0 Å². The topological polar surface area (TPSA) is 117 Å². The van der Waals surface area contributed by atoms with Crippen molar-refractivity contribution in [1.82, 2.24) is 29.0 Å². The number of phenolic OH excluding ortho intramolecular Hbond substituents is 1. The molecule has 54 heavy (non-hydrogen) atoms. The Labute approximate surface area is 321 Å². The summed E-state index contributed by atoms with van der Waals surface area (Å²) in [5, 5.41) is 23.0. The lowest BCUT2D eigenvalue weighted by atomic mass is 9.92. The van der Waals surface area contributed by atoms with Crippen LogP contribution in [0.3, 0.4) is 0 Å². The summed E-state index contributed by atoms with van der Waals surface area (Å²) in [6, 6.07) is 13.8. The van der Waals surface area contributed by atoms with Gasteiger partial charge >= 0.3 is 11.9 Å². The van der Waals surface area contributed by atoms with Gasteiger partial charge in [-0.3, -0.25) is 19.1 Å². The predicted octanol–water partition coefficient (Wildman–Crippen LogP) is 7.89. The highest BCUT2D eigenvalue weighted by Crippen LogP contribution is 2.46. The first kappa shape index (κ1) is 37.5. The van der Waals surface area contributed by atoms with Gasteiger partial charge < -0.3 is 19.1 Å². The summed E-state index contributed by atoms with van der Waals surface area (Å²) in [5.74, 6) is -0.480. The van der Waals surface area contributed by atoms with Crippen molar-refractivity contribution in [2.75, 3.05) is 21.3 Å². The van der Waals surface area contributed by atoms with Gasteiger partial charge in [0.25, 0.3) is 0 Å². The Hall–Kier alpha value is -4.85. The lowest BCUT2D eigenvalue weighted by Crippen LogP contribution is -2.30. The molecule has 0 aliphatic carbocycles. The Kier molecular flexibility index (Phi) is 10.5. The van der Waals surface area contributed by atoms with Crippen LogP contribution in [0.15, 0.2) is 53.4 Å². The number of hydrogen-bond acceptors (Lipinski definition) is 9. The minimum atomic E-state index is -0.499. The Balaban J connectivity index is 1.20. The first-order valence-corrected chi connectivity index (χ1v) is 19.1. The van der Waals surface area contributed by atoms with Crippen LogP contribution in [0, 0.1) is 12.7 Å². The summed E-state index contributed by atoms with van der Waals surface area (Å²) >= 11 is 8.66. The Morgan fingerprint density at radius 3 is 2.59 bits per heavy atom. The van der Waals surface area contributed by atoms with E-state index in [1.165, 1.54) is 26.4 Å². The number of carbonyl (C=O) groups is 2. The lowest BCUT2D eigenvalue weighted by Gasteiger charge is -2.32. The van der Waals surface area contributed by atoms with Gasteiger partial charge in [-0.25, -0.2) is 9.18 Å². The van der Waals surface area contributed by atoms with Gasteiger partial charge in [0.2, 0.25) is 0 Å². The maximum atomic E-state index is 13.9. The predicted molar refractivity (Wildman–Crippen MR) is 207 cm³/mol. The number of methoxy groups -OCH3 is 2. The standard InChI is InChI=1S/C40H42ClFN6O5S/c1-22-35(36-31(41)13-11-29-30(12-14-34(50)52-5)38(40(51)53-6)46(3)37(29)36)39-32(8-7-15-48(39)43-22)45(2)20-25-18-26(47(4)44-25)21-54-27-17-23-16-24(42)9-10-28(23)33(49)19-27/h9-11,13,16-19,32,49H,7-8,12,14-15,20-21H2,1-6H3/t32-/m1/s1. The zero-order valence-corrected chi connectivity index (χ0v) is 32.6. The average molecular weight is 773 g/mol. The van der Waals surface area contributed by atoms with Crippen molar-refractivity contribution < 1.29 is 28.6 Å². The molecule has 14 heteroatoms. The molecule has 0 saturated heterocycles. The quantitative estimate of drug-likeness (QED) is 0.104. The molecule has 3 aromatic heterocycles. The molecule has 1 aliphatic rings. The fraction of sp³-hybridized carbons (Fsp3) is 0.350. The number of rotatable bonds is 11. The SMILES string of the molecule is COC(=O)CCc1c(C(=O)OC)n(C)c2c(-c3c(C)nn4c3[C@H](N(C)Cc3cc(CSc5cc(O)c6ccc(F)cc6c5)n(C)n3)CCC4)c(Cl)ccc12. The van der Waals surface area contributed by atoms with E-state index in [-0.39, 0.29) is 30.0 Å². The maximum absolute atomic E-state index is 13.9. The van der Waals surface area contributed by atoms with Gasteiger partial charge in [-0.05, 0) is 86.6 Å². The van der Waals surface area contributed by atoms with Crippen molar-refractivity contribution in [3.8, 4) is 16.9 Å². The van der Waals surface area contributed by atoms with Gasteiger partial charge in [0, 0.05) is 71.8 Å². The highest BCUT2D eigenvalue weighted by atomic mass is 35.5. The van der Waals surface area contributed by atoms with Crippen LogP contribution >= 0.6 is 23.4 Å². The number of halogens is 2. The van der Waals surface area contributed by atoms with Crippen LogP contribution < -0.4 is 0 Å². The summed E-state index contributed by atoms with van der Waals surface area (Å²) in [7, 11) is 8.54. The molecular formula is C40H42ClFN6O5S. The van der Waals surface area contributed by atoms with E-state index < -0.39 is 5.97 Å². The van der Waals surface area contributed by atoms with Crippen molar-refractivity contribution in [2.24, 2.45) is 14.1 Å². The number of nitrogens with zero attached hydrogens (tertiary/aromatic N) is 6. The maximum Gasteiger partial charge on any atom is 0.354 e. The summed E-state index contributed by atoms with van der Waals surface area (Å²) < 4.78 is 29.8. The molecule has 1 aliphatic heterocycles. The summed E-state index contributed by atoms with van der Waals surface area (Å²) in [4.78, 5) is 28.5. The highest BCUT2D eigenvalue weighted by molar-refractivity contribution is 7.98. The van der Waals surface area contributed by atoms with Gasteiger partial charge in [-0.1, -0.05) is 17.7 Å². The van der Waals surface area contributed by atoms with Crippen molar-refractivity contribution in [2.45, 2.75) is 62.4 Å². The molecule has 4 heterocycles. The van der Waals surface area contributed by atoms with E-state index in [0.717, 1.165) is 69.1 Å². The summed E-state index contributed by atoms with van der Waals surface area (Å²) in [6.07, 6.45) is 2.24. The number of thioether (sulfide) groups is 1. The van der Waals surface area contributed by atoms with Crippen LogP contribution in [0.1, 0.15) is 64.1 Å². The van der Waals surface area contributed by atoms with Crippen LogP contribution in [-0.2, 0) is 53.6 Å². The Morgan fingerprint density at radius 1 is 1.06 bits per heavy atom. The number of aryl methyl sites for hydroxylation is 5. The fourth-order valence-corrected chi connectivity index (χ4v) is 9.12. The first-order valence-electron chi connectivity index (χ1n) is 17.7. The average Bonchev–Trinajstić information content (AvgIpc) is 3.77. The van der Waals surface area contributed by atoms with Crippen LogP contribution in [0.2, 0.25) is 5.02 Å². The van der Waals surface area contributed by atoms with E-state index in [9.17, 15) is 19.1 Å². The molecule has 7 rings (SSSR count). The molecule has 0 spiro atoms. The van der Waals surface area contributed by atoms with Gasteiger partial charge in [-0.15, -0.1) is 11.8 Å². The molecule has 0 unspecified atom stereocenters. The molecule has 0 amide bonds. The zero-order valence-electron chi connectivity index (χ0n) is 31.1. The van der Waals surface area contributed by atoms with Crippen LogP contribution in [-0.4, -0.2) is 67.3 Å². The number of fused-ring (bicyclic) bond motifs is 3. The lowest BCUT2D eigenvalue weighted by molar-refractivity contribution is -0.140. The van der Waals surface area contributed by atoms with E-state index in [2.05, 4.69) is 22.7 Å². The van der Waals surface area contributed by atoms with E-state index in [4.69, 9.17) is 31.3 Å². The van der Waals surface area contributed by atoms with Gasteiger partial charge in [-0.2, -0.15) is 10.2 Å². The van der Waals surface area contributed by atoms with Crippen LogP contribution in [0.4, 0.5) is 4.39 Å². The Bertz CT molecular complexity index is 2440. The summed E-state index contributed by atoms with van der Waals surface area (Å²) in [6.45, 7) is 3.33. The number of benzene rings is 3. The van der Waals surface area contributed by atoms with Crippen LogP contribution in [0.5, 0.6) is 5.75 Å². The number of hydrogen-bond donors (Lipinski definition) is 1. The number of carbonyl (C=O) groups excluding carboxylic acids is 2. The molecule has 6 aromatic rings. The van der Waals surface area contributed by atoms with E-state index in [1.807, 2.05) is 48.5 Å². The molecule has 0 fully saturated rings. The van der Waals surface area contributed by atoms with Crippen molar-refractivity contribution in [3.63, 3.8) is 0 Å². The number of aromatic nitrogens is 5. The molecule has 0 radical (unpaired) electrons. The molecule has 3 aromatic carbocycles. The second-order valence-corrected chi connectivity index (χ2v) is 15.2. The third kappa shape index (κ3) is 6.84. The number of ether oxygens (including phenoxy) is 2. The van der Waals surface area contributed by atoms with Gasteiger partial charge in [0.1, 0.15) is 17.3 Å². The molecule has 0 bridgehead atoms. The monoisotopic (exact) mass is 772 g/mol.